The van der Waals surface area contributed by atoms with Crippen molar-refractivity contribution < 1.29 is 4.74 Å². The van der Waals surface area contributed by atoms with E-state index in [4.69, 9.17) is 16.2 Å². The average Bonchev–Trinajstić information content (AvgIpc) is 2.01. The molecule has 13 heavy (non-hydrogen) atoms. The predicted octanol–water partition coefficient (Wildman–Crippen LogP) is 1.38. The van der Waals surface area contributed by atoms with Gasteiger partial charge in [-0.15, -0.1) is 0 Å². The zero-order chi connectivity index (χ0) is 9.90. The second-order valence-electron chi connectivity index (χ2n) is 3.82. The van der Waals surface area contributed by atoms with Gasteiger partial charge in [-0.3, -0.25) is 0 Å². The van der Waals surface area contributed by atoms with E-state index in [1.165, 1.54) is 0 Å². The van der Waals surface area contributed by atoms with Crippen molar-refractivity contribution in [2.24, 2.45) is 5.73 Å². The molecule has 0 unspecified atom stereocenters. The molecule has 72 valence electrons. The van der Waals surface area contributed by atoms with Gasteiger partial charge in [-0.05, 0) is 26.0 Å². The van der Waals surface area contributed by atoms with Crippen LogP contribution < -0.4 is 16.2 Å². The van der Waals surface area contributed by atoms with Crippen LogP contribution in [0.1, 0.15) is 13.8 Å². The molecule has 0 amide bonds. The molecule has 0 atom stereocenters. The minimum absolute atomic E-state index is 0.331. The summed E-state index contributed by atoms with van der Waals surface area (Å²) >= 11 is 0. The first-order chi connectivity index (χ1) is 5.99. The van der Waals surface area contributed by atoms with Crippen molar-refractivity contribution in [2.45, 2.75) is 19.4 Å². The number of ether oxygens (including phenoxy) is 1. The lowest BCUT2D eigenvalue weighted by Crippen LogP contribution is -2.38. The highest BCUT2D eigenvalue weighted by Gasteiger charge is 2.11. The highest BCUT2D eigenvalue weighted by molar-refractivity contribution is 5.51. The van der Waals surface area contributed by atoms with Crippen LogP contribution in [0.25, 0.3) is 0 Å². The maximum Gasteiger partial charge on any atom is 0.142 e. The third-order valence-electron chi connectivity index (χ3n) is 1.52. The molecule has 0 aliphatic heterocycles. The molecule has 1 aromatic carbocycles. The summed E-state index contributed by atoms with van der Waals surface area (Å²) in [5.74, 6) is 0.695. The lowest BCUT2D eigenvalue weighted by molar-refractivity contribution is 0.244. The van der Waals surface area contributed by atoms with Crippen molar-refractivity contribution in [3.63, 3.8) is 0 Å². The van der Waals surface area contributed by atoms with Gasteiger partial charge in [0.2, 0.25) is 0 Å². The molecule has 0 aliphatic rings. The minimum Gasteiger partial charge on any atom is -0.490 e. The van der Waals surface area contributed by atoms with E-state index in [9.17, 15) is 0 Å². The minimum atomic E-state index is -0.331. The Labute approximate surface area is 78.7 Å². The van der Waals surface area contributed by atoms with Gasteiger partial charge in [0.05, 0.1) is 5.69 Å². The predicted molar refractivity (Wildman–Crippen MR) is 54.6 cm³/mol. The van der Waals surface area contributed by atoms with Crippen molar-refractivity contribution in [1.29, 1.82) is 0 Å². The molecule has 1 rings (SSSR count). The molecule has 0 fully saturated rings. The standard InChI is InChI=1S/C10H16N2O/c1-10(2,12)7-13-9-6-4-3-5-8(9)11/h3-6H,7,11-12H2,1-2H3. The Hall–Kier alpha value is -1.22. The van der Waals surface area contributed by atoms with Gasteiger partial charge in [-0.2, -0.15) is 0 Å². The number of hydrogen-bond donors (Lipinski definition) is 2. The summed E-state index contributed by atoms with van der Waals surface area (Å²) in [6.07, 6.45) is 0. The van der Waals surface area contributed by atoms with Crippen LogP contribution in [0.2, 0.25) is 0 Å². The van der Waals surface area contributed by atoms with Gasteiger partial charge in [0.25, 0.3) is 0 Å². The van der Waals surface area contributed by atoms with Crippen LogP contribution in [0.4, 0.5) is 5.69 Å². The molecular formula is C10H16N2O. The third-order valence-corrected chi connectivity index (χ3v) is 1.52. The molecule has 0 saturated carbocycles. The maximum atomic E-state index is 5.77. The topological polar surface area (TPSA) is 61.3 Å². The summed E-state index contributed by atoms with van der Waals surface area (Å²) in [7, 11) is 0. The number of benzene rings is 1. The van der Waals surface area contributed by atoms with Gasteiger partial charge in [0.15, 0.2) is 0 Å². The van der Waals surface area contributed by atoms with E-state index in [0.717, 1.165) is 0 Å². The van der Waals surface area contributed by atoms with Gasteiger partial charge in [0.1, 0.15) is 12.4 Å². The summed E-state index contributed by atoms with van der Waals surface area (Å²) in [4.78, 5) is 0. The van der Waals surface area contributed by atoms with E-state index in [0.29, 0.717) is 18.0 Å². The summed E-state index contributed by atoms with van der Waals surface area (Å²) < 4.78 is 5.45. The van der Waals surface area contributed by atoms with Crippen LogP contribution in [-0.4, -0.2) is 12.1 Å². The molecule has 0 heterocycles. The van der Waals surface area contributed by atoms with E-state index in [1.54, 1.807) is 6.07 Å². The van der Waals surface area contributed by atoms with Crippen molar-refractivity contribution in [1.82, 2.24) is 0 Å². The van der Waals surface area contributed by atoms with Gasteiger partial charge in [-0.25, -0.2) is 0 Å². The number of anilines is 1. The van der Waals surface area contributed by atoms with E-state index >= 15 is 0 Å². The normalized spacial score (nSPS) is 11.3. The zero-order valence-electron chi connectivity index (χ0n) is 8.08. The summed E-state index contributed by atoms with van der Waals surface area (Å²) in [5, 5.41) is 0. The SMILES string of the molecule is CC(C)(N)COc1ccccc1N. The van der Waals surface area contributed by atoms with E-state index < -0.39 is 0 Å². The smallest absolute Gasteiger partial charge is 0.142 e. The summed E-state index contributed by atoms with van der Waals surface area (Å²) in [5.41, 5.74) is 11.8. The fourth-order valence-electron chi connectivity index (χ4n) is 0.876. The Morgan fingerprint density at radius 2 is 1.92 bits per heavy atom. The van der Waals surface area contributed by atoms with Gasteiger partial charge in [0, 0.05) is 5.54 Å². The van der Waals surface area contributed by atoms with Gasteiger partial charge < -0.3 is 16.2 Å². The fourth-order valence-corrected chi connectivity index (χ4v) is 0.876. The molecular weight excluding hydrogens is 164 g/mol. The highest BCUT2D eigenvalue weighted by atomic mass is 16.5. The molecule has 0 radical (unpaired) electrons. The van der Waals surface area contributed by atoms with E-state index in [-0.39, 0.29) is 5.54 Å². The summed E-state index contributed by atoms with van der Waals surface area (Å²) in [6.45, 7) is 4.28. The molecule has 1 aromatic rings. The molecule has 0 saturated heterocycles. The van der Waals surface area contributed by atoms with E-state index in [1.807, 2.05) is 32.0 Å². The lowest BCUT2D eigenvalue weighted by atomic mass is 10.1. The first-order valence-electron chi connectivity index (χ1n) is 4.25. The average molecular weight is 180 g/mol. The zero-order valence-corrected chi connectivity index (χ0v) is 8.08. The lowest BCUT2D eigenvalue weighted by Gasteiger charge is -2.19. The monoisotopic (exact) mass is 180 g/mol. The quantitative estimate of drug-likeness (QED) is 0.691. The number of rotatable bonds is 3. The van der Waals surface area contributed by atoms with Crippen LogP contribution >= 0.6 is 0 Å². The Balaban J connectivity index is 2.60. The first-order valence-corrected chi connectivity index (χ1v) is 4.25. The maximum absolute atomic E-state index is 5.77. The third kappa shape index (κ3) is 3.34. The molecule has 0 spiro atoms. The number of para-hydroxylation sites is 2. The molecule has 3 nitrogen and oxygen atoms in total. The van der Waals surface area contributed by atoms with Crippen LogP contribution in [-0.2, 0) is 0 Å². The van der Waals surface area contributed by atoms with Crippen LogP contribution in [0, 0.1) is 0 Å². The van der Waals surface area contributed by atoms with Gasteiger partial charge in [-0.1, -0.05) is 12.1 Å². The van der Waals surface area contributed by atoms with E-state index in [2.05, 4.69) is 0 Å². The Morgan fingerprint density at radius 1 is 1.31 bits per heavy atom. The number of nitrogens with two attached hydrogens (primary N) is 2. The number of nitrogen functional groups attached to an aromatic ring is 1. The van der Waals surface area contributed by atoms with Crippen LogP contribution in [0.5, 0.6) is 5.75 Å². The second kappa shape index (κ2) is 3.66. The Morgan fingerprint density at radius 3 is 2.46 bits per heavy atom. The van der Waals surface area contributed by atoms with Gasteiger partial charge >= 0.3 is 0 Å². The van der Waals surface area contributed by atoms with Crippen LogP contribution in [0.3, 0.4) is 0 Å². The largest absolute Gasteiger partial charge is 0.490 e. The molecule has 0 bridgehead atoms. The van der Waals surface area contributed by atoms with Crippen molar-refractivity contribution in [2.75, 3.05) is 12.3 Å². The fraction of sp³-hybridized carbons (Fsp3) is 0.400. The van der Waals surface area contributed by atoms with Crippen LogP contribution in [0.15, 0.2) is 24.3 Å². The molecule has 0 aromatic heterocycles. The first kappa shape index (κ1) is 9.86. The summed E-state index contributed by atoms with van der Waals surface area (Å²) in [6, 6.07) is 7.39. The van der Waals surface area contributed by atoms with Crippen molar-refractivity contribution >= 4 is 5.69 Å². The molecule has 3 heteroatoms. The Bertz CT molecular complexity index is 278. The van der Waals surface area contributed by atoms with Crippen molar-refractivity contribution in [3.8, 4) is 5.75 Å². The Kier molecular flexibility index (Phi) is 2.78. The second-order valence-corrected chi connectivity index (χ2v) is 3.82. The molecule has 0 aliphatic carbocycles. The van der Waals surface area contributed by atoms with Crippen molar-refractivity contribution in [3.05, 3.63) is 24.3 Å². The number of hydrogen-bond acceptors (Lipinski definition) is 3. The highest BCUT2D eigenvalue weighted by Crippen LogP contribution is 2.20. The molecule has 4 N–H and O–H groups in total.